The highest BCUT2D eigenvalue weighted by Crippen LogP contribution is 2.35. The Morgan fingerprint density at radius 1 is 1.09 bits per heavy atom. The molecule has 0 aliphatic carbocycles. The Hall–Kier alpha value is -2.75. The van der Waals surface area contributed by atoms with Gasteiger partial charge in [0.05, 0.1) is 5.56 Å². The lowest BCUT2D eigenvalue weighted by atomic mass is 10.0. The summed E-state index contributed by atoms with van der Waals surface area (Å²) in [5.74, 6) is 0.0940. The van der Waals surface area contributed by atoms with Crippen molar-refractivity contribution in [2.45, 2.75) is 19.5 Å². The van der Waals surface area contributed by atoms with Crippen molar-refractivity contribution in [3.8, 4) is 0 Å². The molecule has 1 aliphatic rings. The maximum absolute atomic E-state index is 12.9. The molecule has 4 heteroatoms. The smallest absolute Gasteiger partial charge is 0.257 e. The Morgan fingerprint density at radius 3 is 2.74 bits per heavy atom. The molecule has 0 radical (unpaired) electrons. The number of aromatic nitrogens is 1. The maximum atomic E-state index is 12.9. The number of nitrogens with one attached hydrogen (secondary N) is 2. The second-order valence-corrected chi connectivity index (χ2v) is 5.88. The third-order valence-electron chi connectivity index (χ3n) is 4.40. The van der Waals surface area contributed by atoms with Gasteiger partial charge in [0.15, 0.2) is 0 Å². The Bertz CT molecular complexity index is 868. The second kappa shape index (κ2) is 5.47. The average Bonchev–Trinajstić information content (AvgIpc) is 3.01. The van der Waals surface area contributed by atoms with Gasteiger partial charge in [-0.3, -0.25) is 4.79 Å². The summed E-state index contributed by atoms with van der Waals surface area (Å²) in [6.45, 7) is 2.82. The number of benzene rings is 2. The molecule has 4 rings (SSSR count). The third kappa shape index (κ3) is 2.18. The van der Waals surface area contributed by atoms with Crippen molar-refractivity contribution in [1.82, 2.24) is 9.88 Å². The van der Waals surface area contributed by atoms with Crippen LogP contribution in [0.2, 0.25) is 0 Å². The molecule has 0 spiro atoms. The van der Waals surface area contributed by atoms with Crippen LogP contribution in [0.15, 0.2) is 54.7 Å². The normalized spacial score (nSPS) is 17.2. The van der Waals surface area contributed by atoms with Crippen LogP contribution in [-0.2, 0) is 0 Å². The van der Waals surface area contributed by atoms with Gasteiger partial charge in [0.25, 0.3) is 5.91 Å². The molecule has 1 amide bonds. The number of anilines is 1. The van der Waals surface area contributed by atoms with E-state index in [0.29, 0.717) is 0 Å². The number of nitrogens with zero attached hydrogens (tertiary/aromatic N) is 1. The van der Waals surface area contributed by atoms with Gasteiger partial charge < -0.3 is 15.2 Å². The number of rotatable bonds is 3. The zero-order chi connectivity index (χ0) is 15.8. The number of hydrogen-bond acceptors (Lipinski definition) is 2. The van der Waals surface area contributed by atoms with Gasteiger partial charge in [0.1, 0.15) is 6.17 Å². The van der Waals surface area contributed by atoms with Crippen molar-refractivity contribution in [2.24, 2.45) is 0 Å². The first-order chi connectivity index (χ1) is 11.3. The molecule has 1 atom stereocenters. The van der Waals surface area contributed by atoms with E-state index in [1.165, 1.54) is 0 Å². The number of H-pyrrole nitrogens is 1. The molecule has 1 aliphatic heterocycles. The second-order valence-electron chi connectivity index (χ2n) is 5.88. The predicted molar refractivity (Wildman–Crippen MR) is 92.4 cm³/mol. The Labute approximate surface area is 135 Å². The molecule has 0 unspecified atom stereocenters. The quantitative estimate of drug-likeness (QED) is 0.764. The topological polar surface area (TPSA) is 48.1 Å². The van der Waals surface area contributed by atoms with Crippen LogP contribution in [0.1, 0.15) is 35.4 Å². The molecule has 2 aromatic carbocycles. The van der Waals surface area contributed by atoms with Crippen LogP contribution < -0.4 is 5.32 Å². The largest absolute Gasteiger partial charge is 0.361 e. The highest BCUT2D eigenvalue weighted by molar-refractivity contribution is 6.02. The lowest BCUT2D eigenvalue weighted by Crippen LogP contribution is -2.43. The first-order valence-corrected chi connectivity index (χ1v) is 8.02. The van der Waals surface area contributed by atoms with Crippen LogP contribution >= 0.6 is 0 Å². The van der Waals surface area contributed by atoms with E-state index in [1.54, 1.807) is 0 Å². The summed E-state index contributed by atoms with van der Waals surface area (Å²) in [7, 11) is 0. The zero-order valence-corrected chi connectivity index (χ0v) is 13.0. The first-order valence-electron chi connectivity index (χ1n) is 8.02. The van der Waals surface area contributed by atoms with Crippen molar-refractivity contribution in [3.05, 3.63) is 65.9 Å². The van der Waals surface area contributed by atoms with E-state index < -0.39 is 0 Å². The van der Waals surface area contributed by atoms with Crippen LogP contribution in [0.5, 0.6) is 0 Å². The highest BCUT2D eigenvalue weighted by Gasteiger charge is 2.33. The molecule has 1 aromatic heterocycles. The van der Waals surface area contributed by atoms with E-state index in [9.17, 15) is 4.79 Å². The fourth-order valence-electron chi connectivity index (χ4n) is 3.33. The average molecular weight is 305 g/mol. The fraction of sp³-hybridized carbons (Fsp3) is 0.211. The molecule has 23 heavy (non-hydrogen) atoms. The van der Waals surface area contributed by atoms with E-state index >= 15 is 0 Å². The van der Waals surface area contributed by atoms with Gasteiger partial charge in [0, 0.05) is 34.9 Å². The molecular formula is C19H19N3O. The van der Waals surface area contributed by atoms with Gasteiger partial charge in [-0.25, -0.2) is 0 Å². The van der Waals surface area contributed by atoms with E-state index in [2.05, 4.69) is 29.4 Å². The van der Waals surface area contributed by atoms with Gasteiger partial charge in [-0.2, -0.15) is 0 Å². The molecule has 3 aromatic rings. The summed E-state index contributed by atoms with van der Waals surface area (Å²) < 4.78 is 0. The predicted octanol–water partition coefficient (Wildman–Crippen LogP) is 4.14. The van der Waals surface area contributed by atoms with E-state index in [1.807, 2.05) is 47.5 Å². The van der Waals surface area contributed by atoms with Crippen molar-refractivity contribution < 1.29 is 4.79 Å². The molecule has 0 saturated heterocycles. The maximum Gasteiger partial charge on any atom is 0.257 e. The molecular weight excluding hydrogens is 286 g/mol. The lowest BCUT2D eigenvalue weighted by molar-refractivity contribution is 0.0684. The Balaban J connectivity index is 1.84. The summed E-state index contributed by atoms with van der Waals surface area (Å²) in [6, 6.07) is 15.9. The molecule has 0 fully saturated rings. The number of para-hydroxylation sites is 2. The lowest BCUT2D eigenvalue weighted by Gasteiger charge is -2.37. The number of carbonyl (C=O) groups excluding carboxylic acids is 1. The van der Waals surface area contributed by atoms with E-state index in [0.717, 1.165) is 40.7 Å². The van der Waals surface area contributed by atoms with Crippen LogP contribution in [0.25, 0.3) is 10.9 Å². The zero-order valence-electron chi connectivity index (χ0n) is 13.0. The van der Waals surface area contributed by atoms with Crippen LogP contribution in [0, 0.1) is 0 Å². The van der Waals surface area contributed by atoms with Crippen LogP contribution in [0.3, 0.4) is 0 Å². The number of amides is 1. The Morgan fingerprint density at radius 2 is 1.87 bits per heavy atom. The van der Waals surface area contributed by atoms with Gasteiger partial charge in [-0.1, -0.05) is 37.3 Å². The highest BCUT2D eigenvalue weighted by atomic mass is 16.2. The number of hydrogen-bond donors (Lipinski definition) is 2. The SMILES string of the molecule is CCCN1C(=O)c2ccccc2N[C@@H]1c1c[nH]c2ccccc12. The molecule has 2 N–H and O–H groups in total. The van der Waals surface area contributed by atoms with Crippen molar-refractivity contribution in [3.63, 3.8) is 0 Å². The molecule has 0 saturated carbocycles. The molecule has 4 nitrogen and oxygen atoms in total. The minimum absolute atomic E-state index is 0.0940. The summed E-state index contributed by atoms with van der Waals surface area (Å²) in [5, 5.41) is 4.69. The molecule has 2 heterocycles. The van der Waals surface area contributed by atoms with Gasteiger partial charge in [-0.15, -0.1) is 0 Å². The van der Waals surface area contributed by atoms with Crippen molar-refractivity contribution >= 4 is 22.5 Å². The van der Waals surface area contributed by atoms with Gasteiger partial charge in [-0.05, 0) is 24.6 Å². The monoisotopic (exact) mass is 305 g/mol. The van der Waals surface area contributed by atoms with E-state index in [4.69, 9.17) is 0 Å². The van der Waals surface area contributed by atoms with E-state index in [-0.39, 0.29) is 12.1 Å². The van der Waals surface area contributed by atoms with Crippen LogP contribution in [0.4, 0.5) is 5.69 Å². The van der Waals surface area contributed by atoms with Crippen molar-refractivity contribution in [1.29, 1.82) is 0 Å². The summed E-state index contributed by atoms with van der Waals surface area (Å²) >= 11 is 0. The summed E-state index contributed by atoms with van der Waals surface area (Å²) in [4.78, 5) is 18.2. The number of carbonyl (C=O) groups is 1. The van der Waals surface area contributed by atoms with Gasteiger partial charge in [0.2, 0.25) is 0 Å². The standard InChI is InChI=1S/C19H19N3O/c1-2-11-22-18(15-12-20-16-9-5-3-7-13(15)16)21-17-10-6-4-8-14(17)19(22)23/h3-10,12,18,20-21H,2,11H2,1H3/t18-/m0/s1. The Kier molecular flexibility index (Phi) is 3.30. The minimum atomic E-state index is -0.145. The fourth-order valence-corrected chi connectivity index (χ4v) is 3.33. The molecule has 116 valence electrons. The van der Waals surface area contributed by atoms with Gasteiger partial charge >= 0.3 is 0 Å². The summed E-state index contributed by atoms with van der Waals surface area (Å²) in [5.41, 5.74) is 3.85. The number of fused-ring (bicyclic) bond motifs is 2. The van der Waals surface area contributed by atoms with Crippen molar-refractivity contribution in [2.75, 3.05) is 11.9 Å². The first kappa shape index (κ1) is 13.9. The summed E-state index contributed by atoms with van der Waals surface area (Å²) in [6.07, 6.45) is 2.79. The molecule has 0 bridgehead atoms. The van der Waals surface area contributed by atoms with Crippen LogP contribution in [-0.4, -0.2) is 22.3 Å². The third-order valence-corrected chi connectivity index (χ3v) is 4.40. The number of aromatic amines is 1. The minimum Gasteiger partial charge on any atom is -0.361 e.